The Labute approximate surface area is 217 Å². The molecule has 1 saturated heterocycles. The monoisotopic (exact) mass is 614 g/mol. The van der Waals surface area contributed by atoms with Gasteiger partial charge in [-0.3, -0.25) is 9.78 Å². The van der Waals surface area contributed by atoms with E-state index in [2.05, 4.69) is 9.97 Å². The second-order valence-electron chi connectivity index (χ2n) is 7.66. The van der Waals surface area contributed by atoms with Crippen LogP contribution in [0.4, 0.5) is 0 Å². The quantitative estimate of drug-likeness (QED) is 0.316. The lowest BCUT2D eigenvalue weighted by Crippen LogP contribution is -2.50. The number of carbonyl (C=O) groups excluding carboxylic acids is 1. The Morgan fingerprint density at radius 1 is 1.03 bits per heavy atom. The molecule has 0 saturated carbocycles. The van der Waals surface area contributed by atoms with Crippen molar-refractivity contribution in [3.63, 3.8) is 0 Å². The molecular weight excluding hydrogens is 595 g/mol. The molecule has 1 amide bonds. The molecular formula is C22H20ClIN4O3S2. The highest BCUT2D eigenvalue weighted by atomic mass is 127. The molecule has 7 nitrogen and oxygen atoms in total. The predicted molar refractivity (Wildman–Crippen MR) is 141 cm³/mol. The van der Waals surface area contributed by atoms with Crippen LogP contribution in [0, 0.1) is 6.92 Å². The third-order valence-corrected chi connectivity index (χ3v) is 8.66. The molecule has 5 rings (SSSR count). The van der Waals surface area contributed by atoms with Gasteiger partial charge in [0.25, 0.3) is 5.91 Å². The van der Waals surface area contributed by atoms with Crippen molar-refractivity contribution in [3.05, 3.63) is 64.4 Å². The number of halogens is 2. The topological polar surface area (TPSA) is 83.5 Å². The number of benzene rings is 2. The average molecular weight is 615 g/mol. The molecule has 0 aliphatic carbocycles. The van der Waals surface area contributed by atoms with E-state index < -0.39 is 10.0 Å². The SMILES string of the molecule is Cc1cc2nc(C(=O)N3CCN(S(=O)(=O)c4ccc5cc(Cl)ccc5c4)CC3)sc2cn1.I. The molecule has 11 heteroatoms. The number of aromatic nitrogens is 2. The van der Waals surface area contributed by atoms with Gasteiger partial charge in [-0.1, -0.05) is 23.7 Å². The summed E-state index contributed by atoms with van der Waals surface area (Å²) < 4.78 is 28.6. The number of sulfonamides is 1. The van der Waals surface area contributed by atoms with Gasteiger partial charge in [-0.15, -0.1) is 35.3 Å². The van der Waals surface area contributed by atoms with Crippen molar-refractivity contribution >= 4 is 83.8 Å². The number of fused-ring (bicyclic) bond motifs is 2. The summed E-state index contributed by atoms with van der Waals surface area (Å²) in [5.74, 6) is -0.177. The zero-order chi connectivity index (χ0) is 22.5. The number of hydrogen-bond donors (Lipinski definition) is 0. The van der Waals surface area contributed by atoms with Gasteiger partial charge in [0.2, 0.25) is 10.0 Å². The summed E-state index contributed by atoms with van der Waals surface area (Å²) in [7, 11) is -3.66. The summed E-state index contributed by atoms with van der Waals surface area (Å²) in [4.78, 5) is 23.5. The lowest BCUT2D eigenvalue weighted by molar-refractivity contribution is 0.0697. The molecule has 1 aliphatic rings. The van der Waals surface area contributed by atoms with Crippen molar-refractivity contribution in [2.45, 2.75) is 11.8 Å². The van der Waals surface area contributed by atoms with Crippen LogP contribution < -0.4 is 0 Å². The van der Waals surface area contributed by atoms with Gasteiger partial charge in [0.1, 0.15) is 0 Å². The van der Waals surface area contributed by atoms with E-state index in [0.717, 1.165) is 26.7 Å². The Bertz CT molecular complexity index is 1470. The summed E-state index contributed by atoms with van der Waals surface area (Å²) in [6.07, 6.45) is 1.72. The molecule has 0 N–H and O–H groups in total. The number of thiazole rings is 1. The lowest BCUT2D eigenvalue weighted by Gasteiger charge is -2.33. The highest BCUT2D eigenvalue weighted by Gasteiger charge is 2.31. The number of aryl methyl sites for hydroxylation is 1. The zero-order valence-corrected chi connectivity index (χ0v) is 22.3. The van der Waals surface area contributed by atoms with E-state index in [0.29, 0.717) is 23.1 Å². The maximum Gasteiger partial charge on any atom is 0.282 e. The number of piperazine rings is 1. The molecule has 0 spiro atoms. The highest BCUT2D eigenvalue weighted by molar-refractivity contribution is 14.0. The number of nitrogens with zero attached hydrogens (tertiary/aromatic N) is 4. The summed E-state index contributed by atoms with van der Waals surface area (Å²) in [6.45, 7) is 2.98. The molecule has 4 aromatic rings. The van der Waals surface area contributed by atoms with E-state index >= 15 is 0 Å². The molecule has 0 unspecified atom stereocenters. The minimum Gasteiger partial charge on any atom is -0.334 e. The number of rotatable bonds is 3. The second kappa shape index (κ2) is 9.41. The molecule has 3 heterocycles. The maximum absolute atomic E-state index is 13.2. The smallest absolute Gasteiger partial charge is 0.282 e. The van der Waals surface area contributed by atoms with Gasteiger partial charge in [0, 0.05) is 43.1 Å². The van der Waals surface area contributed by atoms with Gasteiger partial charge in [-0.05, 0) is 48.0 Å². The van der Waals surface area contributed by atoms with E-state index in [4.69, 9.17) is 11.6 Å². The predicted octanol–water partition coefficient (Wildman–Crippen LogP) is 4.57. The fourth-order valence-corrected chi connectivity index (χ4v) is 6.32. The van der Waals surface area contributed by atoms with Crippen molar-refractivity contribution in [2.24, 2.45) is 0 Å². The van der Waals surface area contributed by atoms with Crippen molar-refractivity contribution in [1.82, 2.24) is 19.2 Å². The minimum atomic E-state index is -3.66. The third kappa shape index (κ3) is 4.72. The Morgan fingerprint density at radius 3 is 2.48 bits per heavy atom. The van der Waals surface area contributed by atoms with E-state index in [1.54, 1.807) is 41.4 Å². The Morgan fingerprint density at radius 2 is 1.73 bits per heavy atom. The number of carbonyl (C=O) groups is 1. The van der Waals surface area contributed by atoms with Crippen LogP contribution in [0.25, 0.3) is 21.0 Å². The van der Waals surface area contributed by atoms with Crippen LogP contribution >= 0.6 is 46.9 Å². The lowest BCUT2D eigenvalue weighted by atomic mass is 10.1. The summed E-state index contributed by atoms with van der Waals surface area (Å²) in [5, 5.41) is 2.70. The average Bonchev–Trinajstić information content (AvgIpc) is 3.21. The van der Waals surface area contributed by atoms with Gasteiger partial charge in [-0.2, -0.15) is 4.31 Å². The van der Waals surface area contributed by atoms with Gasteiger partial charge in [0.05, 0.1) is 15.1 Å². The molecule has 1 fully saturated rings. The molecule has 0 radical (unpaired) electrons. The summed E-state index contributed by atoms with van der Waals surface area (Å²) in [5.41, 5.74) is 1.60. The highest BCUT2D eigenvalue weighted by Crippen LogP contribution is 2.26. The Hall–Kier alpha value is -1.86. The van der Waals surface area contributed by atoms with Gasteiger partial charge in [-0.25, -0.2) is 13.4 Å². The fourth-order valence-electron chi connectivity index (χ4n) is 3.80. The summed E-state index contributed by atoms with van der Waals surface area (Å²) in [6, 6.07) is 12.2. The first kappa shape index (κ1) is 24.3. The molecule has 1 aliphatic heterocycles. The summed E-state index contributed by atoms with van der Waals surface area (Å²) >= 11 is 7.32. The minimum absolute atomic E-state index is 0. The van der Waals surface area contributed by atoms with Crippen LogP contribution in [-0.4, -0.2) is 59.7 Å². The fraction of sp³-hybridized carbons (Fsp3) is 0.227. The standard InChI is InChI=1S/C22H19ClN4O3S2.HI/c1-14-10-19-20(13-24-14)31-21(25-19)22(28)26-6-8-27(9-7-26)32(29,30)18-5-3-15-11-17(23)4-2-16(15)12-18;/h2-5,10-13H,6-9H2,1H3;1H. The number of pyridine rings is 1. The van der Waals surface area contributed by atoms with Crippen LogP contribution in [-0.2, 0) is 10.0 Å². The first-order valence-electron chi connectivity index (χ1n) is 10.0. The van der Waals surface area contributed by atoms with Gasteiger partial charge >= 0.3 is 0 Å². The van der Waals surface area contributed by atoms with Crippen molar-refractivity contribution in [3.8, 4) is 0 Å². The van der Waals surface area contributed by atoms with Crippen LogP contribution in [0.5, 0.6) is 0 Å². The van der Waals surface area contributed by atoms with E-state index in [9.17, 15) is 13.2 Å². The van der Waals surface area contributed by atoms with E-state index in [-0.39, 0.29) is 47.9 Å². The molecule has 33 heavy (non-hydrogen) atoms. The molecule has 0 atom stereocenters. The first-order chi connectivity index (χ1) is 15.3. The number of amides is 1. The van der Waals surface area contributed by atoms with E-state index in [1.807, 2.05) is 19.1 Å². The van der Waals surface area contributed by atoms with Crippen molar-refractivity contribution < 1.29 is 13.2 Å². The van der Waals surface area contributed by atoms with Gasteiger partial charge in [0.15, 0.2) is 5.01 Å². The van der Waals surface area contributed by atoms with Crippen LogP contribution in [0.15, 0.2) is 53.6 Å². The van der Waals surface area contributed by atoms with Crippen LogP contribution in [0.2, 0.25) is 5.02 Å². The molecule has 0 bridgehead atoms. The normalized spacial score (nSPS) is 15.0. The van der Waals surface area contributed by atoms with Crippen molar-refractivity contribution in [2.75, 3.05) is 26.2 Å². The van der Waals surface area contributed by atoms with E-state index in [1.165, 1.54) is 15.6 Å². The Balaban J connectivity index is 0.00000259. The molecule has 2 aromatic carbocycles. The number of hydrogen-bond acceptors (Lipinski definition) is 6. The molecule has 2 aromatic heterocycles. The second-order valence-corrected chi connectivity index (χ2v) is 11.1. The maximum atomic E-state index is 13.2. The third-order valence-electron chi connectivity index (χ3n) is 5.53. The van der Waals surface area contributed by atoms with Gasteiger partial charge < -0.3 is 4.90 Å². The van der Waals surface area contributed by atoms with Crippen LogP contribution in [0.3, 0.4) is 0 Å². The Kier molecular flexibility index (Phi) is 6.92. The van der Waals surface area contributed by atoms with Crippen LogP contribution in [0.1, 0.15) is 15.5 Å². The van der Waals surface area contributed by atoms with Crippen molar-refractivity contribution in [1.29, 1.82) is 0 Å². The largest absolute Gasteiger partial charge is 0.334 e. The first-order valence-corrected chi connectivity index (χ1v) is 12.7. The molecule has 172 valence electrons. The zero-order valence-electron chi connectivity index (χ0n) is 17.6.